The van der Waals surface area contributed by atoms with Crippen molar-refractivity contribution in [3.8, 4) is 0 Å². The standard InChI is InChI=1S/C9H9BrN2O2/c10-8-5-7(1-2-11-8)6-12-3-4-14-9(12)13/h1-2,5H,3-4,6H2. The maximum atomic E-state index is 11.1. The lowest BCUT2D eigenvalue weighted by molar-refractivity contribution is 0.157. The highest BCUT2D eigenvalue weighted by Gasteiger charge is 2.21. The lowest BCUT2D eigenvalue weighted by atomic mass is 10.2. The van der Waals surface area contributed by atoms with Gasteiger partial charge in [-0.2, -0.15) is 0 Å². The van der Waals surface area contributed by atoms with Crippen molar-refractivity contribution in [2.45, 2.75) is 6.54 Å². The zero-order valence-corrected chi connectivity index (χ0v) is 9.03. The molecule has 0 bridgehead atoms. The molecule has 0 unspecified atom stereocenters. The van der Waals surface area contributed by atoms with Crippen LogP contribution in [0.15, 0.2) is 22.9 Å². The van der Waals surface area contributed by atoms with Crippen molar-refractivity contribution >= 4 is 22.0 Å². The summed E-state index contributed by atoms with van der Waals surface area (Å²) < 4.78 is 5.61. The van der Waals surface area contributed by atoms with Gasteiger partial charge in [-0.05, 0) is 33.6 Å². The molecule has 1 amide bonds. The Kier molecular flexibility index (Phi) is 2.67. The normalized spacial score (nSPS) is 15.8. The van der Waals surface area contributed by atoms with Gasteiger partial charge in [-0.25, -0.2) is 9.78 Å². The van der Waals surface area contributed by atoms with E-state index in [1.54, 1.807) is 11.1 Å². The fourth-order valence-corrected chi connectivity index (χ4v) is 1.74. The largest absolute Gasteiger partial charge is 0.448 e. The van der Waals surface area contributed by atoms with Crippen LogP contribution in [0.3, 0.4) is 0 Å². The topological polar surface area (TPSA) is 42.4 Å². The monoisotopic (exact) mass is 256 g/mol. The van der Waals surface area contributed by atoms with Crippen LogP contribution >= 0.6 is 15.9 Å². The zero-order valence-electron chi connectivity index (χ0n) is 7.44. The molecular formula is C9H9BrN2O2. The van der Waals surface area contributed by atoms with E-state index in [2.05, 4.69) is 20.9 Å². The molecule has 4 nitrogen and oxygen atoms in total. The molecule has 1 aliphatic rings. The Balaban J connectivity index is 2.07. The summed E-state index contributed by atoms with van der Waals surface area (Å²) in [6.45, 7) is 1.74. The minimum atomic E-state index is -0.238. The quantitative estimate of drug-likeness (QED) is 0.758. The van der Waals surface area contributed by atoms with E-state index in [0.717, 1.165) is 10.2 Å². The molecule has 0 atom stereocenters. The Morgan fingerprint density at radius 1 is 1.64 bits per heavy atom. The van der Waals surface area contributed by atoms with Gasteiger partial charge >= 0.3 is 6.09 Å². The minimum Gasteiger partial charge on any atom is -0.448 e. The molecule has 1 aromatic heterocycles. The summed E-state index contributed by atoms with van der Waals surface area (Å²) in [5.41, 5.74) is 1.05. The molecule has 2 rings (SSSR count). The average molecular weight is 257 g/mol. The van der Waals surface area contributed by atoms with E-state index in [1.807, 2.05) is 12.1 Å². The van der Waals surface area contributed by atoms with Crippen LogP contribution in [0.1, 0.15) is 5.56 Å². The van der Waals surface area contributed by atoms with Gasteiger partial charge < -0.3 is 9.64 Å². The first-order chi connectivity index (χ1) is 6.75. The highest BCUT2D eigenvalue weighted by Crippen LogP contribution is 2.13. The van der Waals surface area contributed by atoms with Crippen LogP contribution in [0.5, 0.6) is 0 Å². The molecule has 14 heavy (non-hydrogen) atoms. The Labute approximate surface area is 90.0 Å². The van der Waals surface area contributed by atoms with Gasteiger partial charge in [-0.1, -0.05) is 0 Å². The van der Waals surface area contributed by atoms with E-state index in [9.17, 15) is 4.79 Å². The Hall–Kier alpha value is -1.10. The summed E-state index contributed by atoms with van der Waals surface area (Å²) in [6.07, 6.45) is 1.47. The van der Waals surface area contributed by atoms with Crippen molar-refractivity contribution in [1.29, 1.82) is 0 Å². The summed E-state index contributed by atoms with van der Waals surface area (Å²) in [7, 11) is 0. The van der Waals surface area contributed by atoms with E-state index in [1.165, 1.54) is 0 Å². The maximum absolute atomic E-state index is 11.1. The SMILES string of the molecule is O=C1OCCN1Cc1ccnc(Br)c1. The van der Waals surface area contributed by atoms with E-state index < -0.39 is 0 Å². The first-order valence-corrected chi connectivity index (χ1v) is 5.07. The molecule has 1 aromatic rings. The summed E-state index contributed by atoms with van der Waals surface area (Å²) >= 11 is 3.28. The first kappa shape index (κ1) is 9.45. The number of hydrogen-bond donors (Lipinski definition) is 0. The number of rotatable bonds is 2. The average Bonchev–Trinajstić information content (AvgIpc) is 2.52. The number of carbonyl (C=O) groups excluding carboxylic acids is 1. The van der Waals surface area contributed by atoms with Crippen LogP contribution in [0.25, 0.3) is 0 Å². The smallest absolute Gasteiger partial charge is 0.410 e. The number of hydrogen-bond acceptors (Lipinski definition) is 3. The molecule has 0 N–H and O–H groups in total. The fourth-order valence-electron chi connectivity index (χ4n) is 1.33. The predicted octanol–water partition coefficient (Wildman–Crippen LogP) is 1.80. The highest BCUT2D eigenvalue weighted by molar-refractivity contribution is 9.10. The van der Waals surface area contributed by atoms with Crippen molar-refractivity contribution in [2.75, 3.05) is 13.2 Å². The van der Waals surface area contributed by atoms with Gasteiger partial charge in [0.15, 0.2) is 0 Å². The van der Waals surface area contributed by atoms with Gasteiger partial charge in [0, 0.05) is 12.7 Å². The van der Waals surface area contributed by atoms with Crippen molar-refractivity contribution in [3.63, 3.8) is 0 Å². The summed E-state index contributed by atoms with van der Waals surface area (Å²) in [6, 6.07) is 3.78. The molecule has 5 heteroatoms. The maximum Gasteiger partial charge on any atom is 0.410 e. The number of amides is 1. The Morgan fingerprint density at radius 2 is 2.50 bits per heavy atom. The zero-order chi connectivity index (χ0) is 9.97. The van der Waals surface area contributed by atoms with Crippen LogP contribution in [-0.4, -0.2) is 29.1 Å². The molecule has 74 valence electrons. The highest BCUT2D eigenvalue weighted by atomic mass is 79.9. The second-order valence-corrected chi connectivity index (χ2v) is 3.84. The molecule has 2 heterocycles. The molecular weight excluding hydrogens is 248 g/mol. The van der Waals surface area contributed by atoms with Crippen LogP contribution in [0.2, 0.25) is 0 Å². The molecule has 0 radical (unpaired) electrons. The van der Waals surface area contributed by atoms with Gasteiger partial charge in [0.2, 0.25) is 0 Å². The van der Waals surface area contributed by atoms with Crippen molar-refractivity contribution in [2.24, 2.45) is 0 Å². The summed E-state index contributed by atoms with van der Waals surface area (Å²) in [5.74, 6) is 0. The van der Waals surface area contributed by atoms with Crippen LogP contribution in [0, 0.1) is 0 Å². The lowest BCUT2D eigenvalue weighted by Gasteiger charge is -2.11. The van der Waals surface area contributed by atoms with Gasteiger partial charge in [-0.3, -0.25) is 0 Å². The number of nitrogens with zero attached hydrogens (tertiary/aromatic N) is 2. The molecule has 1 fully saturated rings. The molecule has 1 saturated heterocycles. The van der Waals surface area contributed by atoms with E-state index >= 15 is 0 Å². The number of pyridine rings is 1. The van der Waals surface area contributed by atoms with E-state index in [0.29, 0.717) is 19.7 Å². The van der Waals surface area contributed by atoms with Gasteiger partial charge in [0.1, 0.15) is 11.2 Å². The van der Waals surface area contributed by atoms with E-state index in [-0.39, 0.29) is 6.09 Å². The number of cyclic esters (lactones) is 1. The number of aromatic nitrogens is 1. The molecule has 1 aliphatic heterocycles. The molecule has 0 saturated carbocycles. The summed E-state index contributed by atoms with van der Waals surface area (Å²) in [4.78, 5) is 16.8. The fraction of sp³-hybridized carbons (Fsp3) is 0.333. The Bertz CT molecular complexity index is 356. The van der Waals surface area contributed by atoms with Gasteiger partial charge in [-0.15, -0.1) is 0 Å². The third kappa shape index (κ3) is 2.04. The van der Waals surface area contributed by atoms with Gasteiger partial charge in [0.05, 0.1) is 6.54 Å². The van der Waals surface area contributed by atoms with Gasteiger partial charge in [0.25, 0.3) is 0 Å². The minimum absolute atomic E-state index is 0.238. The second kappa shape index (κ2) is 3.96. The van der Waals surface area contributed by atoms with Crippen molar-refractivity contribution in [1.82, 2.24) is 9.88 Å². The van der Waals surface area contributed by atoms with Crippen molar-refractivity contribution < 1.29 is 9.53 Å². The first-order valence-electron chi connectivity index (χ1n) is 4.28. The Morgan fingerprint density at radius 3 is 3.14 bits per heavy atom. The van der Waals surface area contributed by atoms with Crippen LogP contribution < -0.4 is 0 Å². The number of ether oxygens (including phenoxy) is 1. The van der Waals surface area contributed by atoms with E-state index in [4.69, 9.17) is 4.74 Å². The number of carbonyl (C=O) groups is 1. The number of halogens is 1. The third-order valence-electron chi connectivity index (χ3n) is 2.01. The molecule has 0 aliphatic carbocycles. The van der Waals surface area contributed by atoms with Crippen LogP contribution in [0.4, 0.5) is 4.79 Å². The van der Waals surface area contributed by atoms with Crippen LogP contribution in [-0.2, 0) is 11.3 Å². The second-order valence-electron chi connectivity index (χ2n) is 3.02. The van der Waals surface area contributed by atoms with Crippen molar-refractivity contribution in [3.05, 3.63) is 28.5 Å². The molecule has 0 spiro atoms. The molecule has 0 aromatic carbocycles. The predicted molar refractivity (Wildman–Crippen MR) is 53.7 cm³/mol. The summed E-state index contributed by atoms with van der Waals surface area (Å²) in [5, 5.41) is 0. The third-order valence-corrected chi connectivity index (χ3v) is 2.44. The lowest BCUT2D eigenvalue weighted by Crippen LogP contribution is -2.23.